The molecule has 28 heavy (non-hydrogen) atoms. The molecule has 5 rings (SSSR count). The molecule has 1 unspecified atom stereocenters. The number of ether oxygens (including phenoxy) is 1. The molecule has 2 N–H and O–H groups in total. The largest absolute Gasteiger partial charge is 0.480 e. The Kier molecular flexibility index (Phi) is 4.07. The van der Waals surface area contributed by atoms with E-state index in [4.69, 9.17) is 9.72 Å². The molecule has 2 saturated heterocycles. The predicted octanol–water partition coefficient (Wildman–Crippen LogP) is 3.44. The lowest BCUT2D eigenvalue weighted by Gasteiger charge is -2.42. The molecule has 1 aromatic heterocycles. The highest BCUT2D eigenvalue weighted by Gasteiger charge is 2.47. The first-order valence-electron chi connectivity index (χ1n) is 10.4. The Labute approximate surface area is 165 Å². The molecule has 4 heterocycles. The molecule has 0 amide bonds. The van der Waals surface area contributed by atoms with Crippen molar-refractivity contribution < 1.29 is 9.13 Å². The summed E-state index contributed by atoms with van der Waals surface area (Å²) < 4.78 is 23.6. The second kappa shape index (κ2) is 6.29. The topological polar surface area (TPSA) is 51.1 Å². The van der Waals surface area contributed by atoms with Crippen molar-refractivity contribution in [3.05, 3.63) is 35.5 Å². The van der Waals surface area contributed by atoms with E-state index in [0.29, 0.717) is 17.2 Å². The van der Waals surface area contributed by atoms with E-state index in [1.807, 2.05) is 6.07 Å². The number of benzene rings is 1. The molecule has 6 heteroatoms. The van der Waals surface area contributed by atoms with Crippen molar-refractivity contribution in [1.82, 2.24) is 20.2 Å². The van der Waals surface area contributed by atoms with Gasteiger partial charge in [0.15, 0.2) is 5.60 Å². The van der Waals surface area contributed by atoms with Gasteiger partial charge >= 0.3 is 0 Å². The molecule has 2 fully saturated rings. The standard InChI is InChI=1S/C22H29FN4O/c1-21(2)13-14(7-10-25-21)20-26-18-17-15(23)5-4-6-16(17)28-22(19(18)27(20)3)8-11-24-12-9-22/h4-6,14,24-25H,7-13H2,1-3H3. The number of hydrogen-bond acceptors (Lipinski definition) is 4. The van der Waals surface area contributed by atoms with E-state index < -0.39 is 5.60 Å². The lowest BCUT2D eigenvalue weighted by Crippen LogP contribution is -2.47. The maximum atomic E-state index is 14.9. The van der Waals surface area contributed by atoms with Crippen molar-refractivity contribution in [2.45, 2.75) is 56.6 Å². The van der Waals surface area contributed by atoms with Gasteiger partial charge in [0.1, 0.15) is 23.1 Å². The highest BCUT2D eigenvalue weighted by molar-refractivity contribution is 5.73. The van der Waals surface area contributed by atoms with Crippen LogP contribution in [0.4, 0.5) is 4.39 Å². The van der Waals surface area contributed by atoms with Gasteiger partial charge in [-0.05, 0) is 58.5 Å². The zero-order chi connectivity index (χ0) is 19.5. The average molecular weight is 384 g/mol. The molecular weight excluding hydrogens is 355 g/mol. The van der Waals surface area contributed by atoms with E-state index in [1.165, 1.54) is 6.07 Å². The van der Waals surface area contributed by atoms with Crippen LogP contribution in [0.25, 0.3) is 11.3 Å². The highest BCUT2D eigenvalue weighted by Crippen LogP contribution is 2.50. The van der Waals surface area contributed by atoms with Crippen LogP contribution in [0.2, 0.25) is 0 Å². The molecule has 5 nitrogen and oxygen atoms in total. The molecule has 0 bridgehead atoms. The van der Waals surface area contributed by atoms with Crippen LogP contribution in [-0.4, -0.2) is 34.7 Å². The maximum absolute atomic E-state index is 14.9. The van der Waals surface area contributed by atoms with Crippen LogP contribution in [0, 0.1) is 5.82 Å². The van der Waals surface area contributed by atoms with Gasteiger partial charge in [-0.3, -0.25) is 0 Å². The van der Waals surface area contributed by atoms with Crippen molar-refractivity contribution >= 4 is 0 Å². The minimum Gasteiger partial charge on any atom is -0.480 e. The average Bonchev–Trinajstić information content (AvgIpc) is 3.00. The molecule has 3 aliphatic heterocycles. The molecule has 1 atom stereocenters. The second-order valence-corrected chi connectivity index (χ2v) is 9.19. The minimum absolute atomic E-state index is 0.0848. The number of piperidine rings is 2. The van der Waals surface area contributed by atoms with Crippen molar-refractivity contribution in [3.63, 3.8) is 0 Å². The van der Waals surface area contributed by atoms with Crippen LogP contribution in [0.1, 0.15) is 57.0 Å². The van der Waals surface area contributed by atoms with Gasteiger partial charge in [-0.25, -0.2) is 9.37 Å². The number of hydrogen-bond donors (Lipinski definition) is 2. The fourth-order valence-corrected chi connectivity index (χ4v) is 5.42. The molecule has 1 spiro atoms. The van der Waals surface area contributed by atoms with Gasteiger partial charge in [-0.2, -0.15) is 0 Å². The summed E-state index contributed by atoms with van der Waals surface area (Å²) in [5, 5.41) is 7.02. The van der Waals surface area contributed by atoms with Crippen LogP contribution in [0.5, 0.6) is 5.75 Å². The third-order valence-electron chi connectivity index (χ3n) is 6.71. The smallest absolute Gasteiger partial charge is 0.153 e. The molecule has 0 aliphatic carbocycles. The van der Waals surface area contributed by atoms with E-state index in [-0.39, 0.29) is 11.4 Å². The van der Waals surface area contributed by atoms with Crippen molar-refractivity contribution in [2.24, 2.45) is 7.05 Å². The van der Waals surface area contributed by atoms with Crippen LogP contribution < -0.4 is 15.4 Å². The normalized spacial score (nSPS) is 25.1. The van der Waals surface area contributed by atoms with Gasteiger partial charge < -0.3 is 19.9 Å². The Morgan fingerprint density at radius 2 is 2.00 bits per heavy atom. The van der Waals surface area contributed by atoms with E-state index in [0.717, 1.165) is 62.5 Å². The molecule has 0 saturated carbocycles. The number of nitrogens with zero attached hydrogens (tertiary/aromatic N) is 2. The summed E-state index contributed by atoms with van der Waals surface area (Å²) in [6.45, 7) is 7.25. The fraction of sp³-hybridized carbons (Fsp3) is 0.591. The summed E-state index contributed by atoms with van der Waals surface area (Å²) in [7, 11) is 2.09. The highest BCUT2D eigenvalue weighted by atomic mass is 19.1. The lowest BCUT2D eigenvalue weighted by molar-refractivity contribution is 0.0232. The quantitative estimate of drug-likeness (QED) is 0.791. The summed E-state index contributed by atoms with van der Waals surface area (Å²) in [6, 6.07) is 5.12. The number of imidazole rings is 1. The summed E-state index contributed by atoms with van der Waals surface area (Å²) in [5.74, 6) is 1.81. The van der Waals surface area contributed by atoms with Crippen LogP contribution >= 0.6 is 0 Å². The first kappa shape index (κ1) is 18.1. The third kappa shape index (κ3) is 2.69. The van der Waals surface area contributed by atoms with E-state index in [9.17, 15) is 4.39 Å². The van der Waals surface area contributed by atoms with Crippen LogP contribution in [0.15, 0.2) is 18.2 Å². The number of aromatic nitrogens is 2. The number of fused-ring (bicyclic) bond motifs is 4. The third-order valence-corrected chi connectivity index (χ3v) is 6.71. The zero-order valence-electron chi connectivity index (χ0n) is 16.9. The van der Waals surface area contributed by atoms with Gasteiger partial charge in [0.05, 0.1) is 11.3 Å². The maximum Gasteiger partial charge on any atom is 0.153 e. The summed E-state index contributed by atoms with van der Waals surface area (Å²) in [4.78, 5) is 5.09. The van der Waals surface area contributed by atoms with Crippen LogP contribution in [-0.2, 0) is 12.6 Å². The molecule has 1 aromatic carbocycles. The molecule has 150 valence electrons. The summed E-state index contributed by atoms with van der Waals surface area (Å²) in [6.07, 6.45) is 3.81. The fourth-order valence-electron chi connectivity index (χ4n) is 5.42. The van der Waals surface area contributed by atoms with Gasteiger partial charge in [0.25, 0.3) is 0 Å². The Hall–Kier alpha value is -1.92. The van der Waals surface area contributed by atoms with Crippen molar-refractivity contribution in [1.29, 1.82) is 0 Å². The van der Waals surface area contributed by atoms with E-state index >= 15 is 0 Å². The molecule has 0 radical (unpaired) electrons. The Morgan fingerprint density at radius 3 is 2.75 bits per heavy atom. The Balaban J connectivity index is 1.69. The van der Waals surface area contributed by atoms with Crippen molar-refractivity contribution in [2.75, 3.05) is 19.6 Å². The Bertz CT molecular complexity index is 914. The van der Waals surface area contributed by atoms with Gasteiger partial charge in [-0.1, -0.05) is 6.07 Å². The first-order valence-corrected chi connectivity index (χ1v) is 10.4. The van der Waals surface area contributed by atoms with Gasteiger partial charge in [-0.15, -0.1) is 0 Å². The number of rotatable bonds is 1. The summed E-state index contributed by atoms with van der Waals surface area (Å²) in [5.41, 5.74) is 2.02. The first-order chi connectivity index (χ1) is 13.4. The molecule has 3 aliphatic rings. The Morgan fingerprint density at radius 1 is 1.21 bits per heavy atom. The molecular formula is C22H29FN4O. The monoisotopic (exact) mass is 384 g/mol. The zero-order valence-corrected chi connectivity index (χ0v) is 16.9. The van der Waals surface area contributed by atoms with E-state index in [2.05, 4.69) is 36.1 Å². The molecule has 2 aromatic rings. The van der Waals surface area contributed by atoms with E-state index in [1.54, 1.807) is 6.07 Å². The predicted molar refractivity (Wildman–Crippen MR) is 107 cm³/mol. The SMILES string of the molecule is Cn1c(C2CCNC(C)(C)C2)nc2c1C1(CCNCC1)Oc1cccc(F)c1-2. The van der Waals surface area contributed by atoms with Gasteiger partial charge in [0.2, 0.25) is 0 Å². The number of halogens is 1. The van der Waals surface area contributed by atoms with Crippen LogP contribution in [0.3, 0.4) is 0 Å². The number of nitrogens with one attached hydrogen (secondary N) is 2. The minimum atomic E-state index is -0.427. The second-order valence-electron chi connectivity index (χ2n) is 9.19. The lowest BCUT2D eigenvalue weighted by atomic mass is 9.83. The summed E-state index contributed by atoms with van der Waals surface area (Å²) >= 11 is 0. The van der Waals surface area contributed by atoms with Crippen molar-refractivity contribution in [3.8, 4) is 17.0 Å². The van der Waals surface area contributed by atoms with Gasteiger partial charge in [0, 0.05) is 31.3 Å².